The van der Waals surface area contributed by atoms with E-state index in [4.69, 9.17) is 0 Å². The van der Waals surface area contributed by atoms with Crippen LogP contribution < -0.4 is 15.4 Å². The van der Waals surface area contributed by atoms with Crippen molar-refractivity contribution in [2.45, 2.75) is 31.3 Å². The van der Waals surface area contributed by atoms with Crippen molar-refractivity contribution < 1.29 is 18.0 Å². The third-order valence-corrected chi connectivity index (χ3v) is 5.48. The average molecular weight is 400 g/mol. The zero-order chi connectivity index (χ0) is 20.3. The van der Waals surface area contributed by atoms with E-state index in [0.717, 1.165) is 5.56 Å². The molecule has 2 aromatic carbocycles. The van der Waals surface area contributed by atoms with Crippen LogP contribution in [0.4, 0.5) is 5.69 Å². The van der Waals surface area contributed by atoms with E-state index in [9.17, 15) is 18.0 Å². The third-order valence-electron chi connectivity index (χ3n) is 4.08. The smallest absolute Gasteiger partial charge is 0.263 e. The van der Waals surface area contributed by atoms with Crippen LogP contribution in [0.25, 0.3) is 0 Å². The summed E-state index contributed by atoms with van der Waals surface area (Å²) in [5.74, 6) is -0.364. The summed E-state index contributed by atoms with van der Waals surface area (Å²) in [6, 6.07) is 12.8. The van der Waals surface area contributed by atoms with E-state index in [2.05, 4.69) is 20.3 Å². The zero-order valence-electron chi connectivity index (χ0n) is 15.4. The number of hydrogen-bond acceptors (Lipinski definition) is 5. The van der Waals surface area contributed by atoms with Crippen LogP contribution >= 0.6 is 0 Å². The number of benzene rings is 2. The van der Waals surface area contributed by atoms with Crippen molar-refractivity contribution in [3.05, 3.63) is 59.7 Å². The lowest BCUT2D eigenvalue weighted by molar-refractivity contribution is -0.122. The van der Waals surface area contributed by atoms with Crippen LogP contribution in [-0.4, -0.2) is 32.1 Å². The summed E-state index contributed by atoms with van der Waals surface area (Å²) < 4.78 is 26.6. The van der Waals surface area contributed by atoms with E-state index in [1.165, 1.54) is 13.0 Å². The van der Waals surface area contributed by atoms with Crippen LogP contribution in [0.5, 0.6) is 0 Å². The Bertz CT molecular complexity index is 1060. The van der Waals surface area contributed by atoms with Crippen LogP contribution in [0.3, 0.4) is 0 Å². The number of rotatable bonds is 5. The lowest BCUT2D eigenvalue weighted by Crippen LogP contribution is -2.33. The van der Waals surface area contributed by atoms with Gasteiger partial charge in [0.05, 0.1) is 4.90 Å². The van der Waals surface area contributed by atoms with Gasteiger partial charge in [-0.2, -0.15) is 0 Å². The number of nitrogens with zero attached hydrogens (tertiary/aromatic N) is 1. The molecule has 1 heterocycles. The minimum Gasteiger partial charge on any atom is -0.350 e. The Hall–Kier alpha value is -3.20. The van der Waals surface area contributed by atoms with E-state index in [0.29, 0.717) is 11.3 Å². The molecular formula is C19H20N4O4S. The number of sulfonamides is 1. The number of amides is 2. The molecule has 1 aliphatic rings. The molecule has 2 amide bonds. The summed E-state index contributed by atoms with van der Waals surface area (Å²) in [7, 11) is -3.64. The molecule has 0 saturated carbocycles. The van der Waals surface area contributed by atoms with Gasteiger partial charge in [0.2, 0.25) is 11.8 Å². The molecule has 2 aromatic rings. The van der Waals surface area contributed by atoms with Crippen LogP contribution in [0, 0.1) is 0 Å². The van der Waals surface area contributed by atoms with E-state index >= 15 is 0 Å². The minimum absolute atomic E-state index is 0.149. The number of carbonyl (C=O) groups is 2. The zero-order valence-corrected chi connectivity index (χ0v) is 16.2. The summed E-state index contributed by atoms with van der Waals surface area (Å²) >= 11 is 0. The first kappa shape index (κ1) is 19.6. The van der Waals surface area contributed by atoms with Crippen molar-refractivity contribution in [3.8, 4) is 0 Å². The lowest BCUT2D eigenvalue weighted by Gasteiger charge is -2.11. The monoisotopic (exact) mass is 400 g/mol. The number of hydrogen-bond donors (Lipinski definition) is 3. The Morgan fingerprint density at radius 1 is 1.14 bits per heavy atom. The maximum Gasteiger partial charge on any atom is 0.263 e. The highest BCUT2D eigenvalue weighted by atomic mass is 32.2. The van der Waals surface area contributed by atoms with Gasteiger partial charge < -0.3 is 10.6 Å². The molecule has 0 fully saturated rings. The average Bonchev–Trinajstić information content (AvgIpc) is 2.90. The quantitative estimate of drug-likeness (QED) is 0.703. The Labute approximate surface area is 163 Å². The van der Waals surface area contributed by atoms with E-state index in [1.54, 1.807) is 43.3 Å². The maximum atomic E-state index is 12.4. The van der Waals surface area contributed by atoms with Gasteiger partial charge in [-0.25, -0.2) is 8.42 Å². The molecule has 0 radical (unpaired) electrons. The molecule has 3 N–H and O–H groups in total. The minimum atomic E-state index is -3.64. The molecule has 0 bridgehead atoms. The van der Waals surface area contributed by atoms with Crippen molar-refractivity contribution >= 4 is 33.4 Å². The van der Waals surface area contributed by atoms with Gasteiger partial charge in [0, 0.05) is 24.7 Å². The molecule has 9 heteroatoms. The molecule has 0 spiro atoms. The second-order valence-corrected chi connectivity index (χ2v) is 8.01. The predicted molar refractivity (Wildman–Crippen MR) is 105 cm³/mol. The Kier molecular flexibility index (Phi) is 5.46. The lowest BCUT2D eigenvalue weighted by atomic mass is 10.2. The molecule has 0 aromatic heterocycles. The maximum absolute atomic E-state index is 12.4. The summed E-state index contributed by atoms with van der Waals surface area (Å²) in [6.45, 7) is 3.26. The molecule has 146 valence electrons. The van der Waals surface area contributed by atoms with Gasteiger partial charge in [-0.15, -0.1) is 0 Å². The van der Waals surface area contributed by atoms with E-state index in [1.807, 2.05) is 6.07 Å². The highest BCUT2D eigenvalue weighted by Gasteiger charge is 2.31. The highest BCUT2D eigenvalue weighted by Crippen LogP contribution is 2.22. The van der Waals surface area contributed by atoms with E-state index < -0.39 is 16.1 Å². The van der Waals surface area contributed by atoms with Crippen LogP contribution in [-0.2, 0) is 26.2 Å². The fourth-order valence-electron chi connectivity index (χ4n) is 2.78. The summed E-state index contributed by atoms with van der Waals surface area (Å²) in [5.41, 5.74) is 1.90. The third kappa shape index (κ3) is 4.37. The topological polar surface area (TPSA) is 117 Å². The first-order valence-corrected chi connectivity index (χ1v) is 10.1. The molecule has 1 aliphatic heterocycles. The predicted octanol–water partition coefficient (Wildman–Crippen LogP) is 1.39. The molecule has 8 nitrogen and oxygen atoms in total. The number of aliphatic imine (C=N–C) groups is 1. The van der Waals surface area contributed by atoms with Crippen molar-refractivity contribution in [3.63, 3.8) is 0 Å². The summed E-state index contributed by atoms with van der Waals surface area (Å²) in [5, 5.41) is 5.44. The van der Waals surface area contributed by atoms with Crippen molar-refractivity contribution in [2.24, 2.45) is 4.99 Å². The summed E-state index contributed by atoms with van der Waals surface area (Å²) in [6.07, 6.45) is 0. The Balaban J connectivity index is 1.68. The van der Waals surface area contributed by atoms with Gasteiger partial charge >= 0.3 is 0 Å². The second-order valence-electron chi connectivity index (χ2n) is 6.35. The van der Waals surface area contributed by atoms with Crippen LogP contribution in [0.15, 0.2) is 58.4 Å². The SMILES string of the molecule is CC(=O)Nc1cccc(CNC(=O)[C@H](C)N=C2NS(=O)(=O)c3ccccc32)c1. The Morgan fingerprint density at radius 3 is 2.64 bits per heavy atom. The fourth-order valence-corrected chi connectivity index (χ4v) is 4.02. The molecular weight excluding hydrogens is 380 g/mol. The van der Waals surface area contributed by atoms with Gasteiger partial charge in [0.1, 0.15) is 11.9 Å². The largest absolute Gasteiger partial charge is 0.350 e. The number of anilines is 1. The van der Waals surface area contributed by atoms with Crippen LogP contribution in [0.1, 0.15) is 25.0 Å². The first-order chi connectivity index (χ1) is 13.3. The van der Waals surface area contributed by atoms with Crippen molar-refractivity contribution in [2.75, 3.05) is 5.32 Å². The Morgan fingerprint density at radius 2 is 1.89 bits per heavy atom. The van der Waals surface area contributed by atoms with Crippen molar-refractivity contribution in [1.29, 1.82) is 0 Å². The first-order valence-electron chi connectivity index (χ1n) is 8.60. The van der Waals surface area contributed by atoms with Gasteiger partial charge in [-0.1, -0.05) is 24.3 Å². The number of nitrogens with one attached hydrogen (secondary N) is 3. The van der Waals surface area contributed by atoms with Gasteiger partial charge in [0.15, 0.2) is 0 Å². The second kappa shape index (κ2) is 7.81. The summed E-state index contributed by atoms with van der Waals surface area (Å²) in [4.78, 5) is 27.9. The highest BCUT2D eigenvalue weighted by molar-refractivity contribution is 7.90. The molecule has 0 saturated heterocycles. The number of fused-ring (bicyclic) bond motifs is 1. The molecule has 1 atom stereocenters. The molecule has 0 aliphatic carbocycles. The molecule has 0 unspecified atom stereocenters. The number of carbonyl (C=O) groups excluding carboxylic acids is 2. The fraction of sp³-hybridized carbons (Fsp3) is 0.211. The van der Waals surface area contributed by atoms with Gasteiger partial charge in [0.25, 0.3) is 10.0 Å². The normalized spacial score (nSPS) is 16.7. The van der Waals surface area contributed by atoms with Gasteiger partial charge in [-0.05, 0) is 36.8 Å². The number of amidine groups is 1. The van der Waals surface area contributed by atoms with Crippen molar-refractivity contribution in [1.82, 2.24) is 10.0 Å². The standard InChI is InChI=1S/C19H20N4O4S/c1-12(21-18-16-8-3-4-9-17(16)28(26,27)23-18)19(25)20-11-14-6-5-7-15(10-14)22-13(2)24/h3-10,12H,11H2,1-2H3,(H,20,25)(H,21,23)(H,22,24)/t12-/m0/s1. The van der Waals surface area contributed by atoms with Gasteiger partial charge in [-0.3, -0.25) is 19.3 Å². The van der Waals surface area contributed by atoms with Crippen LogP contribution in [0.2, 0.25) is 0 Å². The molecule has 28 heavy (non-hydrogen) atoms. The van der Waals surface area contributed by atoms with E-state index in [-0.39, 0.29) is 29.1 Å². The molecule has 3 rings (SSSR count).